The Kier molecular flexibility index (Phi) is 16.9. The van der Waals surface area contributed by atoms with Crippen molar-refractivity contribution >= 4 is 0 Å². The van der Waals surface area contributed by atoms with Crippen LogP contribution in [0.1, 0.15) is 99.3 Å². The van der Waals surface area contributed by atoms with Gasteiger partial charge >= 0.3 is 0 Å². The van der Waals surface area contributed by atoms with Crippen LogP contribution in [0.4, 0.5) is 0 Å². The van der Waals surface area contributed by atoms with Gasteiger partial charge in [0.2, 0.25) is 0 Å². The molecule has 4 aliphatic carbocycles. The minimum Gasteiger partial charge on any atom is -0.394 e. The predicted octanol–water partition coefficient (Wildman–Crippen LogP) is -1.98. The van der Waals surface area contributed by atoms with E-state index in [0.29, 0.717) is 43.4 Å². The van der Waals surface area contributed by atoms with E-state index in [1.54, 1.807) is 0 Å². The second-order valence-corrected chi connectivity index (χ2v) is 23.9. The molecule has 0 amide bonds. The van der Waals surface area contributed by atoms with E-state index in [1.165, 1.54) is 19.4 Å². The number of allylic oxidation sites excluding steroid dienone is 1. The maximum absolute atomic E-state index is 12.1. The Balaban J connectivity index is 0.821. The van der Waals surface area contributed by atoms with E-state index in [4.69, 9.17) is 42.6 Å². The fourth-order valence-electron chi connectivity index (χ4n) is 14.9. The minimum atomic E-state index is -1.74. The van der Waals surface area contributed by atoms with E-state index in [0.717, 1.165) is 32.1 Å². The Morgan fingerprint density at radius 1 is 0.658 bits per heavy atom. The SMILES string of the molecule is CC(CCC1(O)OC2CC3C4CC=C5CC(OC6OC(COC7OC(C)C(O)C(O)C7O)C(OC7OC(C)C(O)C(O)C7O)C(O)C6O)CCC5(C)C4CCC3(C)C2C1C)COC1OC(CO)C(O)C(O)C1O. The van der Waals surface area contributed by atoms with Crippen LogP contribution in [-0.2, 0) is 42.6 Å². The first kappa shape index (κ1) is 56.6. The lowest BCUT2D eigenvalue weighted by molar-refractivity contribution is -0.368. The zero-order chi connectivity index (χ0) is 52.8. The zero-order valence-corrected chi connectivity index (χ0v) is 42.7. The molecule has 0 spiro atoms. The first-order valence-corrected chi connectivity index (χ1v) is 26.8. The third-order valence-electron chi connectivity index (χ3n) is 19.4. The number of aliphatic hydroxyl groups is 13. The van der Waals surface area contributed by atoms with Crippen molar-refractivity contribution in [1.82, 2.24) is 0 Å². The molecule has 5 saturated heterocycles. The normalized spacial score (nSPS) is 55.5. The first-order chi connectivity index (χ1) is 34.4. The lowest BCUT2D eigenvalue weighted by Crippen LogP contribution is -2.65. The Morgan fingerprint density at radius 3 is 1.92 bits per heavy atom. The molecule has 9 aliphatic rings. The number of rotatable bonds is 14. The molecule has 31 atom stereocenters. The Morgan fingerprint density at radius 2 is 1.25 bits per heavy atom. The number of ether oxygens (including phenoxy) is 9. The maximum Gasteiger partial charge on any atom is 0.187 e. The molecule has 0 aromatic rings. The third-order valence-corrected chi connectivity index (χ3v) is 19.4. The van der Waals surface area contributed by atoms with Crippen molar-refractivity contribution in [3.05, 3.63) is 11.6 Å². The lowest BCUT2D eigenvalue weighted by Gasteiger charge is -2.58. The van der Waals surface area contributed by atoms with Crippen LogP contribution in [0.15, 0.2) is 11.6 Å². The molecule has 0 aromatic heterocycles. The third kappa shape index (κ3) is 10.3. The highest BCUT2D eigenvalue weighted by molar-refractivity contribution is 5.26. The topological polar surface area (TPSA) is 346 Å². The molecule has 0 bridgehead atoms. The fourth-order valence-corrected chi connectivity index (χ4v) is 14.9. The van der Waals surface area contributed by atoms with Crippen LogP contribution < -0.4 is 0 Å². The average Bonchev–Trinajstić information content (AvgIpc) is 3.80. The van der Waals surface area contributed by atoms with Crippen molar-refractivity contribution in [2.45, 2.75) is 240 Å². The van der Waals surface area contributed by atoms with E-state index >= 15 is 0 Å². The Labute approximate surface area is 426 Å². The summed E-state index contributed by atoms with van der Waals surface area (Å²) in [5.41, 5.74) is 1.11. The standard InChI is InChI=1S/C51H84O22/c1-20(18-65-46-41(61)38(58)35(55)30(17-52)70-46)9-14-51(64)21(2)32-29(73-51)16-28-26-8-7-24-15-25(10-12-49(24,5)27(26)11-13-50(28,32)6)69-48-43(63)39(59)44(72-47-42(62)37(57)34(54)23(4)68-47)31(71-48)19-66-45-40(60)36(56)33(53)22(3)67-45/h7,20-23,25-48,52-64H,8-19H2,1-6H3. The molecule has 9 rings (SSSR count). The molecule has 13 N–H and O–H groups in total. The van der Waals surface area contributed by atoms with Gasteiger partial charge in [-0.1, -0.05) is 39.3 Å². The van der Waals surface area contributed by atoms with Gasteiger partial charge in [0.05, 0.1) is 44.2 Å². The highest BCUT2D eigenvalue weighted by atomic mass is 16.8. The van der Waals surface area contributed by atoms with Crippen molar-refractivity contribution < 1.29 is 109 Å². The highest BCUT2D eigenvalue weighted by Gasteiger charge is 2.68. The number of hydrogen-bond acceptors (Lipinski definition) is 22. The molecule has 5 heterocycles. The molecule has 31 unspecified atom stereocenters. The van der Waals surface area contributed by atoms with Crippen molar-refractivity contribution in [2.24, 2.45) is 46.3 Å². The van der Waals surface area contributed by atoms with E-state index in [9.17, 15) is 66.4 Å². The van der Waals surface area contributed by atoms with Gasteiger partial charge in [-0.2, -0.15) is 0 Å². The molecule has 0 radical (unpaired) electrons. The van der Waals surface area contributed by atoms with Crippen LogP contribution >= 0.6 is 0 Å². The van der Waals surface area contributed by atoms with Gasteiger partial charge in [0.1, 0.15) is 85.5 Å². The van der Waals surface area contributed by atoms with Gasteiger partial charge in [0.15, 0.2) is 30.9 Å². The summed E-state index contributed by atoms with van der Waals surface area (Å²) >= 11 is 0. The fraction of sp³-hybridized carbons (Fsp3) is 0.961. The second kappa shape index (κ2) is 21.8. The average molecular weight is 1050 g/mol. The summed E-state index contributed by atoms with van der Waals surface area (Å²) in [6.07, 6.45) is -20.0. The molecule has 73 heavy (non-hydrogen) atoms. The second-order valence-electron chi connectivity index (χ2n) is 23.9. The Hall–Kier alpha value is -1.14. The molecule has 22 nitrogen and oxygen atoms in total. The smallest absolute Gasteiger partial charge is 0.187 e. The first-order valence-electron chi connectivity index (χ1n) is 26.8. The number of hydrogen-bond donors (Lipinski definition) is 13. The van der Waals surface area contributed by atoms with Gasteiger partial charge < -0.3 is 109 Å². The van der Waals surface area contributed by atoms with Crippen LogP contribution in [0, 0.1) is 46.3 Å². The monoisotopic (exact) mass is 1050 g/mol. The molecular weight excluding hydrogens is 965 g/mol. The summed E-state index contributed by atoms with van der Waals surface area (Å²) in [4.78, 5) is 0. The quantitative estimate of drug-likeness (QED) is 0.0839. The summed E-state index contributed by atoms with van der Waals surface area (Å²) in [6.45, 7) is 10.9. The maximum atomic E-state index is 12.1. The number of aliphatic hydroxyl groups excluding tert-OH is 12. The summed E-state index contributed by atoms with van der Waals surface area (Å²) in [6, 6.07) is 0. The highest BCUT2D eigenvalue weighted by Crippen LogP contribution is 2.70. The van der Waals surface area contributed by atoms with E-state index in [2.05, 4.69) is 26.8 Å². The van der Waals surface area contributed by atoms with Crippen LogP contribution in [-0.4, -0.2) is 227 Å². The van der Waals surface area contributed by atoms with Crippen LogP contribution in [0.3, 0.4) is 0 Å². The lowest BCUT2D eigenvalue weighted by atomic mass is 9.47. The van der Waals surface area contributed by atoms with E-state index in [-0.39, 0.29) is 41.3 Å². The van der Waals surface area contributed by atoms with Crippen LogP contribution in [0.5, 0.6) is 0 Å². The van der Waals surface area contributed by atoms with Gasteiger partial charge in [0.25, 0.3) is 0 Å². The molecule has 3 saturated carbocycles. The van der Waals surface area contributed by atoms with Crippen molar-refractivity contribution in [3.8, 4) is 0 Å². The number of fused-ring (bicyclic) bond motifs is 7. The van der Waals surface area contributed by atoms with Crippen molar-refractivity contribution in [1.29, 1.82) is 0 Å². The van der Waals surface area contributed by atoms with E-state index in [1.807, 2.05) is 6.92 Å². The van der Waals surface area contributed by atoms with Crippen LogP contribution in [0.25, 0.3) is 0 Å². The van der Waals surface area contributed by atoms with Crippen LogP contribution in [0.2, 0.25) is 0 Å². The molecular formula is C51H84O22. The minimum absolute atomic E-state index is 0.0479. The Bertz CT molecular complexity index is 1900. The van der Waals surface area contributed by atoms with E-state index < -0.39 is 148 Å². The summed E-state index contributed by atoms with van der Waals surface area (Å²) in [5.74, 6) is -0.162. The van der Waals surface area contributed by atoms with Gasteiger partial charge in [0, 0.05) is 12.3 Å². The predicted molar refractivity (Wildman–Crippen MR) is 249 cm³/mol. The molecule has 0 aromatic carbocycles. The molecule has 420 valence electrons. The van der Waals surface area contributed by atoms with Gasteiger partial charge in [-0.05, 0) is 106 Å². The largest absolute Gasteiger partial charge is 0.394 e. The zero-order valence-electron chi connectivity index (χ0n) is 42.7. The molecule has 22 heteroatoms. The summed E-state index contributed by atoms with van der Waals surface area (Å²) in [5, 5.41) is 138. The molecule has 5 aliphatic heterocycles. The van der Waals surface area contributed by atoms with Crippen molar-refractivity contribution in [3.63, 3.8) is 0 Å². The van der Waals surface area contributed by atoms with Gasteiger partial charge in [-0.15, -0.1) is 0 Å². The van der Waals surface area contributed by atoms with Gasteiger partial charge in [-0.3, -0.25) is 0 Å². The summed E-state index contributed by atoms with van der Waals surface area (Å²) < 4.78 is 54.0. The summed E-state index contributed by atoms with van der Waals surface area (Å²) in [7, 11) is 0. The van der Waals surface area contributed by atoms with Gasteiger partial charge in [-0.25, -0.2) is 0 Å². The van der Waals surface area contributed by atoms with Crippen molar-refractivity contribution in [2.75, 3.05) is 19.8 Å². The molecule has 8 fully saturated rings.